The fourth-order valence-corrected chi connectivity index (χ4v) is 3.70. The van der Waals surface area contributed by atoms with Gasteiger partial charge < -0.3 is 10.1 Å². The zero-order chi connectivity index (χ0) is 18.8. The highest BCUT2D eigenvalue weighted by molar-refractivity contribution is 7.80. The van der Waals surface area contributed by atoms with Crippen molar-refractivity contribution in [3.8, 4) is 0 Å². The summed E-state index contributed by atoms with van der Waals surface area (Å²) in [7, 11) is 1.38. The number of carbonyl (C=O) groups is 2. The van der Waals surface area contributed by atoms with Gasteiger partial charge in [0.15, 0.2) is 5.11 Å². The van der Waals surface area contributed by atoms with Crippen LogP contribution < -0.4 is 5.32 Å². The molecule has 0 atom stereocenters. The van der Waals surface area contributed by atoms with Gasteiger partial charge in [-0.1, -0.05) is 11.6 Å². The molecule has 146 valence electrons. The lowest BCUT2D eigenvalue weighted by atomic mass is 9.97. The fourth-order valence-electron chi connectivity index (χ4n) is 3.41. The van der Waals surface area contributed by atoms with E-state index in [1.807, 2.05) is 5.01 Å². The summed E-state index contributed by atoms with van der Waals surface area (Å²) in [6.45, 7) is 2.31. The number of hydrogen-bond acceptors (Lipinski definition) is 4. The van der Waals surface area contributed by atoms with Gasteiger partial charge in [0.1, 0.15) is 0 Å². The molecule has 1 heterocycles. The highest BCUT2D eigenvalue weighted by Crippen LogP contribution is 2.19. The maximum Gasteiger partial charge on any atom is 0.305 e. The molecule has 1 N–H and O–H groups in total. The Morgan fingerprint density at radius 2 is 1.92 bits per heavy atom. The van der Waals surface area contributed by atoms with Gasteiger partial charge in [0.25, 0.3) is 0 Å². The number of ether oxygens (including phenoxy) is 1. The topological polar surface area (TPSA) is 61.9 Å². The van der Waals surface area contributed by atoms with Crippen LogP contribution in [0.25, 0.3) is 0 Å². The minimum absolute atomic E-state index is 0.0755. The normalized spacial score (nSPS) is 17.0. The van der Waals surface area contributed by atoms with Crippen LogP contribution in [0.2, 0.25) is 0 Å². The van der Waals surface area contributed by atoms with E-state index in [0.717, 1.165) is 25.9 Å². The molecule has 2 aliphatic rings. The quantitative estimate of drug-likeness (QED) is 0.302. The highest BCUT2D eigenvalue weighted by Gasteiger charge is 2.28. The molecule has 7 heteroatoms. The third-order valence-electron chi connectivity index (χ3n) is 4.91. The average molecular weight is 382 g/mol. The number of thiocarbonyl (C=S) groups is 1. The van der Waals surface area contributed by atoms with E-state index in [4.69, 9.17) is 12.2 Å². The minimum Gasteiger partial charge on any atom is -0.469 e. The molecule has 0 aromatic carbocycles. The summed E-state index contributed by atoms with van der Waals surface area (Å²) in [4.78, 5) is 23.6. The van der Waals surface area contributed by atoms with E-state index in [0.29, 0.717) is 37.3 Å². The van der Waals surface area contributed by atoms with E-state index in [1.54, 1.807) is 5.01 Å². The number of hydrazine groups is 1. The second-order valence-corrected chi connectivity index (χ2v) is 7.25. The van der Waals surface area contributed by atoms with Crippen LogP contribution in [0.5, 0.6) is 0 Å². The second kappa shape index (κ2) is 11.2. The Labute approximate surface area is 161 Å². The number of unbranched alkanes of at least 4 members (excludes halogenated alkanes) is 1. The van der Waals surface area contributed by atoms with Gasteiger partial charge in [0.05, 0.1) is 7.11 Å². The van der Waals surface area contributed by atoms with Gasteiger partial charge in [-0.05, 0) is 63.6 Å². The van der Waals surface area contributed by atoms with Crippen LogP contribution in [0, 0.1) is 0 Å². The van der Waals surface area contributed by atoms with Crippen molar-refractivity contribution in [1.29, 1.82) is 0 Å². The van der Waals surface area contributed by atoms with Crippen molar-refractivity contribution < 1.29 is 14.3 Å². The minimum atomic E-state index is -0.223. The first kappa shape index (κ1) is 20.7. The summed E-state index contributed by atoms with van der Waals surface area (Å²) in [6, 6.07) is 0. The highest BCUT2D eigenvalue weighted by atomic mass is 32.1. The van der Waals surface area contributed by atoms with Crippen molar-refractivity contribution in [3.63, 3.8) is 0 Å². The molecule has 1 aliphatic heterocycles. The summed E-state index contributed by atoms with van der Waals surface area (Å²) >= 11 is 5.50. The first-order valence-corrected chi connectivity index (χ1v) is 10.1. The van der Waals surface area contributed by atoms with E-state index >= 15 is 0 Å². The number of nitrogens with one attached hydrogen (secondary N) is 1. The van der Waals surface area contributed by atoms with Crippen molar-refractivity contribution in [3.05, 3.63) is 11.6 Å². The predicted octanol–water partition coefficient (Wildman–Crippen LogP) is 2.93. The molecule has 0 spiro atoms. The Morgan fingerprint density at radius 1 is 1.15 bits per heavy atom. The number of esters is 1. The number of amides is 1. The lowest BCUT2D eigenvalue weighted by Crippen LogP contribution is -2.49. The summed E-state index contributed by atoms with van der Waals surface area (Å²) < 4.78 is 4.61. The zero-order valence-corrected chi connectivity index (χ0v) is 16.6. The molecule has 1 fully saturated rings. The van der Waals surface area contributed by atoms with E-state index in [-0.39, 0.29) is 11.9 Å². The Balaban J connectivity index is 1.69. The van der Waals surface area contributed by atoms with Gasteiger partial charge in [-0.3, -0.25) is 19.6 Å². The van der Waals surface area contributed by atoms with Crippen LogP contribution in [-0.4, -0.2) is 53.8 Å². The van der Waals surface area contributed by atoms with Crippen LogP contribution in [0.15, 0.2) is 11.6 Å². The van der Waals surface area contributed by atoms with Crippen molar-refractivity contribution in [2.24, 2.45) is 0 Å². The van der Waals surface area contributed by atoms with Gasteiger partial charge in [-0.2, -0.15) is 0 Å². The van der Waals surface area contributed by atoms with Crippen molar-refractivity contribution in [1.82, 2.24) is 15.3 Å². The number of allylic oxidation sites excluding steroid dienone is 1. The van der Waals surface area contributed by atoms with Gasteiger partial charge in [0.2, 0.25) is 5.91 Å². The molecule has 0 radical (unpaired) electrons. The first-order chi connectivity index (χ1) is 12.6. The van der Waals surface area contributed by atoms with E-state index in [9.17, 15) is 9.59 Å². The standard InChI is InChI=1S/C19H31N3O3S/c1-25-18(24)11-6-5-10-17(23)21-14-7-15-22(21)19(26)20-13-12-16-8-3-2-4-9-16/h8H,2-7,9-15H2,1H3,(H,20,26). The van der Waals surface area contributed by atoms with Gasteiger partial charge in [-0.15, -0.1) is 0 Å². The number of carbonyl (C=O) groups excluding carboxylic acids is 2. The molecule has 0 bridgehead atoms. The second-order valence-electron chi connectivity index (χ2n) is 6.87. The molecule has 1 aliphatic carbocycles. The number of nitrogens with zero attached hydrogens (tertiary/aromatic N) is 2. The summed E-state index contributed by atoms with van der Waals surface area (Å²) in [5.74, 6) is -0.148. The number of methoxy groups -OCH3 is 1. The number of hydrogen-bond donors (Lipinski definition) is 1. The molecule has 2 rings (SSSR count). The Kier molecular flexibility index (Phi) is 8.88. The van der Waals surface area contributed by atoms with Gasteiger partial charge in [0, 0.05) is 32.5 Å². The van der Waals surface area contributed by atoms with Crippen LogP contribution in [0.4, 0.5) is 0 Å². The van der Waals surface area contributed by atoms with E-state index < -0.39 is 0 Å². The average Bonchev–Trinajstić information content (AvgIpc) is 3.15. The maximum atomic E-state index is 12.5. The molecule has 0 saturated carbocycles. The Bertz CT molecular complexity index is 536. The molecule has 1 amide bonds. The van der Waals surface area contributed by atoms with E-state index in [1.165, 1.54) is 38.4 Å². The summed E-state index contributed by atoms with van der Waals surface area (Å²) in [6.07, 6.45) is 11.5. The summed E-state index contributed by atoms with van der Waals surface area (Å²) in [5.41, 5.74) is 1.52. The van der Waals surface area contributed by atoms with Crippen LogP contribution in [0.1, 0.15) is 64.2 Å². The smallest absolute Gasteiger partial charge is 0.305 e. The maximum absolute atomic E-state index is 12.5. The first-order valence-electron chi connectivity index (χ1n) is 9.72. The molecule has 0 unspecified atom stereocenters. The van der Waals surface area contributed by atoms with Crippen molar-refractivity contribution in [2.45, 2.75) is 64.2 Å². The molecule has 26 heavy (non-hydrogen) atoms. The molecule has 6 nitrogen and oxygen atoms in total. The molecule has 1 saturated heterocycles. The Hall–Kier alpha value is -1.63. The van der Waals surface area contributed by atoms with Crippen LogP contribution >= 0.6 is 12.2 Å². The Morgan fingerprint density at radius 3 is 2.65 bits per heavy atom. The molecule has 0 aromatic rings. The SMILES string of the molecule is COC(=O)CCCCC(=O)N1CCCN1C(=S)NCCC1=CCCCC1. The van der Waals surface area contributed by atoms with Crippen LogP contribution in [0.3, 0.4) is 0 Å². The predicted molar refractivity (Wildman–Crippen MR) is 105 cm³/mol. The van der Waals surface area contributed by atoms with E-state index in [2.05, 4.69) is 16.1 Å². The van der Waals surface area contributed by atoms with Gasteiger partial charge in [-0.25, -0.2) is 0 Å². The monoisotopic (exact) mass is 381 g/mol. The lowest BCUT2D eigenvalue weighted by Gasteiger charge is -2.30. The third-order valence-corrected chi connectivity index (χ3v) is 5.27. The largest absolute Gasteiger partial charge is 0.469 e. The summed E-state index contributed by atoms with van der Waals surface area (Å²) in [5, 5.41) is 7.60. The zero-order valence-electron chi connectivity index (χ0n) is 15.8. The number of rotatable bonds is 8. The third kappa shape index (κ3) is 6.59. The van der Waals surface area contributed by atoms with Crippen molar-refractivity contribution in [2.75, 3.05) is 26.7 Å². The van der Waals surface area contributed by atoms with Crippen LogP contribution in [-0.2, 0) is 14.3 Å². The molecular formula is C19H31N3O3S. The van der Waals surface area contributed by atoms with Gasteiger partial charge >= 0.3 is 5.97 Å². The van der Waals surface area contributed by atoms with Crippen molar-refractivity contribution >= 4 is 29.2 Å². The lowest BCUT2D eigenvalue weighted by molar-refractivity contribution is -0.142. The molecule has 0 aromatic heterocycles. The molecular weight excluding hydrogens is 350 g/mol. The fraction of sp³-hybridized carbons (Fsp3) is 0.737.